The Bertz CT molecular complexity index is 761. The van der Waals surface area contributed by atoms with Gasteiger partial charge in [-0.3, -0.25) is 4.79 Å². The average Bonchev–Trinajstić information content (AvgIpc) is 2.50. The summed E-state index contributed by atoms with van der Waals surface area (Å²) in [6.07, 6.45) is -0.548. The van der Waals surface area contributed by atoms with E-state index in [4.69, 9.17) is 27.9 Å². The summed E-state index contributed by atoms with van der Waals surface area (Å²) in [7, 11) is 0. The molecule has 1 aliphatic rings. The van der Waals surface area contributed by atoms with E-state index in [9.17, 15) is 9.59 Å². The number of benzene rings is 2. The van der Waals surface area contributed by atoms with Crippen molar-refractivity contribution in [3.63, 3.8) is 0 Å². The number of halogens is 2. The first-order valence-electron chi connectivity index (χ1n) is 6.59. The zero-order chi connectivity index (χ0) is 15.7. The highest BCUT2D eigenvalue weighted by Crippen LogP contribution is 2.27. The molecule has 0 fully saturated rings. The van der Waals surface area contributed by atoms with Crippen LogP contribution in [0.15, 0.2) is 42.5 Å². The minimum atomic E-state index is -0.880. The van der Waals surface area contributed by atoms with Gasteiger partial charge in [0.25, 0.3) is 5.91 Å². The Hall–Kier alpha value is -2.04. The maximum absolute atomic E-state index is 12.3. The van der Waals surface area contributed by atoms with E-state index >= 15 is 0 Å². The van der Waals surface area contributed by atoms with Crippen LogP contribution in [0.1, 0.15) is 15.9 Å². The summed E-state index contributed by atoms with van der Waals surface area (Å²) in [6.45, 7) is 0. The Morgan fingerprint density at radius 2 is 1.95 bits per heavy atom. The maximum Gasteiger partial charge on any atom is 0.339 e. The quantitative estimate of drug-likeness (QED) is 0.851. The van der Waals surface area contributed by atoms with Gasteiger partial charge < -0.3 is 10.1 Å². The molecule has 1 heterocycles. The number of cyclic esters (lactones) is 1. The minimum absolute atomic E-state index is 0.323. The SMILES string of the molecule is O=C1O[C@@H](C(=O)Nc2ccc(Cl)cc2Cl)Cc2ccccc21. The van der Waals surface area contributed by atoms with Gasteiger partial charge in [0.1, 0.15) is 0 Å². The number of hydrogen-bond acceptors (Lipinski definition) is 3. The third kappa shape index (κ3) is 2.93. The number of carbonyl (C=O) groups is 2. The lowest BCUT2D eigenvalue weighted by Gasteiger charge is -2.23. The van der Waals surface area contributed by atoms with E-state index in [1.807, 2.05) is 12.1 Å². The van der Waals surface area contributed by atoms with Gasteiger partial charge in [0.15, 0.2) is 6.10 Å². The number of hydrogen-bond donors (Lipinski definition) is 1. The van der Waals surface area contributed by atoms with Crippen LogP contribution in [0.25, 0.3) is 0 Å². The standard InChI is InChI=1S/C16H11Cl2NO3/c17-10-5-6-13(12(18)8-10)19-15(20)14-7-9-3-1-2-4-11(9)16(21)22-14/h1-6,8,14H,7H2,(H,19,20)/t14-/m1/s1. The molecular formula is C16H11Cl2NO3. The smallest absolute Gasteiger partial charge is 0.339 e. The minimum Gasteiger partial charge on any atom is -0.448 e. The van der Waals surface area contributed by atoms with Crippen molar-refractivity contribution in [2.45, 2.75) is 12.5 Å². The van der Waals surface area contributed by atoms with Gasteiger partial charge >= 0.3 is 5.97 Å². The molecule has 0 saturated carbocycles. The predicted octanol–water partition coefficient (Wildman–Crippen LogP) is 3.71. The van der Waals surface area contributed by atoms with Crippen molar-refractivity contribution in [3.8, 4) is 0 Å². The molecule has 1 aliphatic heterocycles. The number of nitrogens with one attached hydrogen (secondary N) is 1. The van der Waals surface area contributed by atoms with E-state index in [2.05, 4.69) is 5.32 Å². The van der Waals surface area contributed by atoms with Crippen LogP contribution in [0, 0.1) is 0 Å². The lowest BCUT2D eigenvalue weighted by atomic mass is 9.98. The van der Waals surface area contributed by atoms with Crippen LogP contribution < -0.4 is 5.32 Å². The summed E-state index contributed by atoms with van der Waals surface area (Å²) < 4.78 is 5.19. The number of amides is 1. The molecule has 0 bridgehead atoms. The van der Waals surface area contributed by atoms with Gasteiger partial charge in [0.05, 0.1) is 16.3 Å². The van der Waals surface area contributed by atoms with Crippen LogP contribution in [0.3, 0.4) is 0 Å². The summed E-state index contributed by atoms with van der Waals surface area (Å²) in [6, 6.07) is 11.8. The van der Waals surface area contributed by atoms with Gasteiger partial charge in [0.2, 0.25) is 0 Å². The predicted molar refractivity (Wildman–Crippen MR) is 84.4 cm³/mol. The van der Waals surface area contributed by atoms with Crippen LogP contribution in [-0.2, 0) is 16.0 Å². The first-order chi connectivity index (χ1) is 10.5. The van der Waals surface area contributed by atoms with E-state index in [-0.39, 0.29) is 0 Å². The second kappa shape index (κ2) is 5.99. The molecule has 0 unspecified atom stereocenters. The number of anilines is 1. The van der Waals surface area contributed by atoms with Crippen molar-refractivity contribution < 1.29 is 14.3 Å². The van der Waals surface area contributed by atoms with Crippen LogP contribution in [0.4, 0.5) is 5.69 Å². The second-order valence-corrected chi connectivity index (χ2v) is 5.71. The summed E-state index contributed by atoms with van der Waals surface area (Å²) in [5.74, 6) is -0.920. The van der Waals surface area contributed by atoms with E-state index in [0.717, 1.165) is 5.56 Å². The first kappa shape index (κ1) is 14.9. The zero-order valence-corrected chi connectivity index (χ0v) is 12.8. The highest BCUT2D eigenvalue weighted by atomic mass is 35.5. The molecule has 0 aromatic heterocycles. The Balaban J connectivity index is 1.78. The molecule has 6 heteroatoms. The van der Waals surface area contributed by atoms with E-state index in [1.54, 1.807) is 24.3 Å². The van der Waals surface area contributed by atoms with Crippen molar-refractivity contribution in [1.29, 1.82) is 0 Å². The third-order valence-corrected chi connectivity index (χ3v) is 3.92. The van der Waals surface area contributed by atoms with Crippen molar-refractivity contribution in [2.24, 2.45) is 0 Å². The fourth-order valence-corrected chi connectivity index (χ4v) is 2.74. The molecule has 0 spiro atoms. The van der Waals surface area contributed by atoms with Crippen LogP contribution in [-0.4, -0.2) is 18.0 Å². The van der Waals surface area contributed by atoms with Crippen molar-refractivity contribution in [1.82, 2.24) is 0 Å². The maximum atomic E-state index is 12.3. The lowest BCUT2D eigenvalue weighted by Crippen LogP contribution is -2.38. The number of ether oxygens (including phenoxy) is 1. The Labute approximate surface area is 137 Å². The molecule has 0 radical (unpaired) electrons. The second-order valence-electron chi connectivity index (χ2n) is 4.87. The topological polar surface area (TPSA) is 55.4 Å². The molecule has 0 saturated heterocycles. The van der Waals surface area contributed by atoms with Crippen LogP contribution >= 0.6 is 23.2 Å². The Morgan fingerprint density at radius 1 is 1.18 bits per heavy atom. The number of fused-ring (bicyclic) bond motifs is 1. The largest absolute Gasteiger partial charge is 0.448 e. The molecule has 0 aliphatic carbocycles. The first-order valence-corrected chi connectivity index (χ1v) is 7.35. The zero-order valence-electron chi connectivity index (χ0n) is 11.3. The molecular weight excluding hydrogens is 325 g/mol. The average molecular weight is 336 g/mol. The van der Waals surface area contributed by atoms with E-state index in [0.29, 0.717) is 27.7 Å². The molecule has 2 aromatic rings. The number of carbonyl (C=O) groups excluding carboxylic acids is 2. The summed E-state index contributed by atoms with van der Waals surface area (Å²) in [5, 5.41) is 3.45. The highest BCUT2D eigenvalue weighted by Gasteiger charge is 2.31. The summed E-state index contributed by atoms with van der Waals surface area (Å²) in [4.78, 5) is 24.2. The third-order valence-electron chi connectivity index (χ3n) is 3.37. The molecule has 1 amide bonds. The normalized spacial score (nSPS) is 16.6. The van der Waals surface area contributed by atoms with Gasteiger partial charge in [-0.2, -0.15) is 0 Å². The molecule has 3 rings (SSSR count). The van der Waals surface area contributed by atoms with Crippen molar-refractivity contribution >= 4 is 40.8 Å². The van der Waals surface area contributed by atoms with Gasteiger partial charge in [-0.05, 0) is 29.8 Å². The van der Waals surface area contributed by atoms with Crippen molar-refractivity contribution in [2.75, 3.05) is 5.32 Å². The van der Waals surface area contributed by atoms with Crippen LogP contribution in [0.2, 0.25) is 10.0 Å². The molecule has 22 heavy (non-hydrogen) atoms. The molecule has 4 nitrogen and oxygen atoms in total. The molecule has 1 N–H and O–H groups in total. The fourth-order valence-electron chi connectivity index (χ4n) is 2.28. The fraction of sp³-hybridized carbons (Fsp3) is 0.125. The lowest BCUT2D eigenvalue weighted by molar-refractivity contribution is -0.125. The molecule has 2 aromatic carbocycles. The monoisotopic (exact) mass is 335 g/mol. The Kier molecular flexibility index (Phi) is 4.05. The summed E-state index contributed by atoms with van der Waals surface area (Å²) in [5.41, 5.74) is 1.71. The van der Waals surface area contributed by atoms with E-state index < -0.39 is 18.0 Å². The molecule has 1 atom stereocenters. The van der Waals surface area contributed by atoms with Gasteiger partial charge in [-0.25, -0.2) is 4.79 Å². The Morgan fingerprint density at radius 3 is 2.73 bits per heavy atom. The van der Waals surface area contributed by atoms with Gasteiger partial charge in [-0.1, -0.05) is 41.4 Å². The van der Waals surface area contributed by atoms with Crippen LogP contribution in [0.5, 0.6) is 0 Å². The summed E-state index contributed by atoms with van der Waals surface area (Å²) >= 11 is 11.8. The van der Waals surface area contributed by atoms with Crippen molar-refractivity contribution in [3.05, 3.63) is 63.6 Å². The van der Waals surface area contributed by atoms with Gasteiger partial charge in [0, 0.05) is 11.4 Å². The van der Waals surface area contributed by atoms with E-state index in [1.165, 1.54) is 6.07 Å². The number of rotatable bonds is 2. The highest BCUT2D eigenvalue weighted by molar-refractivity contribution is 6.36. The number of esters is 1. The molecule has 112 valence electrons. The van der Waals surface area contributed by atoms with Gasteiger partial charge in [-0.15, -0.1) is 0 Å².